The molecule has 7 heteroatoms. The minimum Gasteiger partial charge on any atom is -0.354 e. The Kier molecular flexibility index (Phi) is 5.66. The molecule has 1 aromatic heterocycles. The summed E-state index contributed by atoms with van der Waals surface area (Å²) in [4.78, 5) is 19.5. The minimum absolute atomic E-state index is 0.0107. The number of carbonyl (C=O) groups is 1. The number of aromatic nitrogens is 2. The average molecular weight is 390 g/mol. The number of likely N-dealkylation sites (tertiary alicyclic amines) is 1. The molecule has 2 saturated heterocycles. The van der Waals surface area contributed by atoms with E-state index in [0.717, 1.165) is 73.9 Å². The number of nitrogens with one attached hydrogen (secondary N) is 2. The van der Waals surface area contributed by atoms with E-state index in [0.29, 0.717) is 5.92 Å². The number of hydrogen-bond donors (Lipinski definition) is 2. The summed E-state index contributed by atoms with van der Waals surface area (Å²) < 4.78 is 2.16. The zero-order valence-corrected chi connectivity index (χ0v) is 16.6. The molecule has 0 radical (unpaired) electrons. The molecule has 4 rings (SSSR count). The molecule has 2 atom stereocenters. The number of halogens is 1. The van der Waals surface area contributed by atoms with E-state index in [1.807, 2.05) is 18.2 Å². The lowest BCUT2D eigenvalue weighted by atomic mass is 9.98. The molecule has 3 heterocycles. The first-order chi connectivity index (χ1) is 13.1. The van der Waals surface area contributed by atoms with E-state index in [4.69, 9.17) is 16.6 Å². The summed E-state index contributed by atoms with van der Waals surface area (Å²) in [6.07, 6.45) is 4.39. The van der Waals surface area contributed by atoms with Gasteiger partial charge in [0.1, 0.15) is 5.82 Å². The summed E-state index contributed by atoms with van der Waals surface area (Å²) in [6.45, 7) is 4.64. The summed E-state index contributed by atoms with van der Waals surface area (Å²) >= 11 is 6.10. The third kappa shape index (κ3) is 4.28. The van der Waals surface area contributed by atoms with Gasteiger partial charge >= 0.3 is 0 Å². The van der Waals surface area contributed by atoms with Gasteiger partial charge in [-0.2, -0.15) is 0 Å². The molecule has 2 aromatic rings. The van der Waals surface area contributed by atoms with Crippen LogP contribution in [0.4, 0.5) is 0 Å². The first kappa shape index (κ1) is 18.7. The Morgan fingerprint density at radius 2 is 2.26 bits per heavy atom. The maximum atomic E-state index is 12.2. The predicted octanol–water partition coefficient (Wildman–Crippen LogP) is 2.31. The highest BCUT2D eigenvalue weighted by Crippen LogP contribution is 2.22. The summed E-state index contributed by atoms with van der Waals surface area (Å²) in [6, 6.07) is 5.87. The van der Waals surface area contributed by atoms with Crippen molar-refractivity contribution in [3.63, 3.8) is 0 Å². The number of fused-ring (bicyclic) bond motifs is 1. The van der Waals surface area contributed by atoms with Crippen LogP contribution < -0.4 is 10.6 Å². The molecule has 6 nitrogen and oxygen atoms in total. The van der Waals surface area contributed by atoms with Crippen molar-refractivity contribution in [3.05, 3.63) is 29.0 Å². The third-order valence-electron chi connectivity index (χ3n) is 5.85. The second kappa shape index (κ2) is 8.17. The molecule has 2 aliphatic rings. The van der Waals surface area contributed by atoms with Gasteiger partial charge in [0.2, 0.25) is 5.91 Å². The maximum Gasteiger partial charge on any atom is 0.237 e. The largest absolute Gasteiger partial charge is 0.354 e. The maximum absolute atomic E-state index is 12.2. The first-order valence-electron chi connectivity index (χ1n) is 9.94. The van der Waals surface area contributed by atoms with Crippen LogP contribution in [-0.4, -0.2) is 52.6 Å². The van der Waals surface area contributed by atoms with Gasteiger partial charge in [-0.15, -0.1) is 0 Å². The second-order valence-electron chi connectivity index (χ2n) is 7.86. The van der Waals surface area contributed by atoms with Gasteiger partial charge in [0, 0.05) is 25.2 Å². The molecule has 0 saturated carbocycles. The zero-order chi connectivity index (χ0) is 18.8. The van der Waals surface area contributed by atoms with E-state index in [1.54, 1.807) is 0 Å². The van der Waals surface area contributed by atoms with Gasteiger partial charge in [0.25, 0.3) is 0 Å². The summed E-state index contributed by atoms with van der Waals surface area (Å²) in [7, 11) is 2.06. The van der Waals surface area contributed by atoms with Crippen LogP contribution in [-0.2, 0) is 18.4 Å². The van der Waals surface area contributed by atoms with Crippen LogP contribution in [0.5, 0.6) is 0 Å². The molecule has 1 aromatic carbocycles. The number of piperidine rings is 1. The van der Waals surface area contributed by atoms with Crippen molar-refractivity contribution in [2.24, 2.45) is 13.0 Å². The van der Waals surface area contributed by atoms with Gasteiger partial charge in [-0.05, 0) is 62.9 Å². The topological polar surface area (TPSA) is 62.2 Å². The molecule has 1 amide bonds. The molecule has 2 fully saturated rings. The number of hydrogen-bond acceptors (Lipinski definition) is 4. The van der Waals surface area contributed by atoms with Gasteiger partial charge in [-0.1, -0.05) is 11.6 Å². The number of imidazole rings is 1. The van der Waals surface area contributed by atoms with Crippen LogP contribution in [0.25, 0.3) is 11.0 Å². The molecule has 0 bridgehead atoms. The highest BCUT2D eigenvalue weighted by molar-refractivity contribution is 6.31. The fourth-order valence-corrected chi connectivity index (χ4v) is 4.47. The van der Waals surface area contributed by atoms with Gasteiger partial charge in [0.15, 0.2) is 0 Å². The van der Waals surface area contributed by atoms with Gasteiger partial charge in [-0.25, -0.2) is 4.98 Å². The Bertz CT molecular complexity index is 814. The van der Waals surface area contributed by atoms with E-state index >= 15 is 0 Å². The summed E-state index contributed by atoms with van der Waals surface area (Å²) in [5.74, 6) is 1.73. The SMILES string of the molecule is Cn1c(CN2CCCC(CNC(=O)C3CCCN3)C2)nc2cc(Cl)ccc21. The second-order valence-corrected chi connectivity index (χ2v) is 8.29. The lowest BCUT2D eigenvalue weighted by Crippen LogP contribution is -2.45. The highest BCUT2D eigenvalue weighted by Gasteiger charge is 2.25. The standard InChI is InChI=1S/C20H28ClN5O/c1-25-18-7-6-15(21)10-17(18)24-19(25)13-26-9-3-4-14(12-26)11-23-20(27)16-5-2-8-22-16/h6-7,10,14,16,22H,2-5,8-9,11-13H2,1H3,(H,23,27). The molecule has 0 aliphatic carbocycles. The van der Waals surface area contributed by atoms with E-state index < -0.39 is 0 Å². The number of aryl methyl sites for hydroxylation is 1. The lowest BCUT2D eigenvalue weighted by Gasteiger charge is -2.32. The number of nitrogens with zero attached hydrogens (tertiary/aromatic N) is 3. The molecule has 146 valence electrons. The van der Waals surface area contributed by atoms with Crippen LogP contribution in [0, 0.1) is 5.92 Å². The van der Waals surface area contributed by atoms with Crippen molar-refractivity contribution in [3.8, 4) is 0 Å². The fourth-order valence-electron chi connectivity index (χ4n) is 4.30. The number of amides is 1. The third-order valence-corrected chi connectivity index (χ3v) is 6.08. The number of benzene rings is 1. The smallest absolute Gasteiger partial charge is 0.237 e. The molecule has 2 unspecified atom stereocenters. The van der Waals surface area contributed by atoms with Crippen molar-refractivity contribution in [1.29, 1.82) is 0 Å². The number of rotatable bonds is 5. The summed E-state index contributed by atoms with van der Waals surface area (Å²) in [5.41, 5.74) is 2.06. The molecule has 2 aliphatic heterocycles. The number of carbonyl (C=O) groups excluding carboxylic acids is 1. The normalized spacial score (nSPS) is 23.8. The Morgan fingerprint density at radius 1 is 1.37 bits per heavy atom. The average Bonchev–Trinajstić information content (AvgIpc) is 3.29. The molecule has 2 N–H and O–H groups in total. The van der Waals surface area contributed by atoms with Crippen molar-refractivity contribution < 1.29 is 4.79 Å². The van der Waals surface area contributed by atoms with E-state index in [9.17, 15) is 4.79 Å². The van der Waals surface area contributed by atoms with Crippen molar-refractivity contribution in [2.45, 2.75) is 38.3 Å². The van der Waals surface area contributed by atoms with Crippen LogP contribution >= 0.6 is 11.6 Å². The van der Waals surface area contributed by atoms with Crippen LogP contribution in [0.15, 0.2) is 18.2 Å². The Labute approximate surface area is 165 Å². The molecular formula is C20H28ClN5O. The summed E-state index contributed by atoms with van der Waals surface area (Å²) in [5, 5.41) is 7.14. The zero-order valence-electron chi connectivity index (χ0n) is 15.9. The fraction of sp³-hybridized carbons (Fsp3) is 0.600. The van der Waals surface area contributed by atoms with Gasteiger partial charge < -0.3 is 15.2 Å². The molecule has 0 spiro atoms. The van der Waals surface area contributed by atoms with Gasteiger partial charge in [-0.3, -0.25) is 9.69 Å². The van der Waals surface area contributed by atoms with Gasteiger partial charge in [0.05, 0.1) is 23.6 Å². The highest BCUT2D eigenvalue weighted by atomic mass is 35.5. The Balaban J connectivity index is 1.34. The van der Waals surface area contributed by atoms with E-state index in [1.165, 1.54) is 6.42 Å². The Morgan fingerprint density at radius 3 is 3.07 bits per heavy atom. The quantitative estimate of drug-likeness (QED) is 0.823. The first-order valence-corrected chi connectivity index (χ1v) is 10.3. The lowest BCUT2D eigenvalue weighted by molar-refractivity contribution is -0.123. The van der Waals surface area contributed by atoms with E-state index in [-0.39, 0.29) is 11.9 Å². The van der Waals surface area contributed by atoms with Crippen molar-refractivity contribution in [2.75, 3.05) is 26.2 Å². The van der Waals surface area contributed by atoms with Crippen LogP contribution in [0.1, 0.15) is 31.5 Å². The Hall–Kier alpha value is -1.63. The molecule has 27 heavy (non-hydrogen) atoms. The predicted molar refractivity (Wildman–Crippen MR) is 108 cm³/mol. The van der Waals surface area contributed by atoms with Crippen molar-refractivity contribution in [1.82, 2.24) is 25.1 Å². The van der Waals surface area contributed by atoms with E-state index in [2.05, 4.69) is 27.1 Å². The minimum atomic E-state index is 0.0107. The van der Waals surface area contributed by atoms with Crippen LogP contribution in [0.2, 0.25) is 5.02 Å². The molecular weight excluding hydrogens is 362 g/mol. The monoisotopic (exact) mass is 389 g/mol. The van der Waals surface area contributed by atoms with Crippen molar-refractivity contribution >= 4 is 28.5 Å². The van der Waals surface area contributed by atoms with Crippen LogP contribution in [0.3, 0.4) is 0 Å².